The fourth-order valence-electron chi connectivity index (χ4n) is 2.12. The van der Waals surface area contributed by atoms with Crippen molar-refractivity contribution in [2.75, 3.05) is 14.1 Å². The molecule has 2 fully saturated rings. The first-order chi connectivity index (χ1) is 5.68. The molecule has 2 rings (SSSR count). The van der Waals surface area contributed by atoms with Crippen LogP contribution in [0.25, 0.3) is 0 Å². The average Bonchev–Trinajstić information content (AvgIpc) is 2.72. The Kier molecular flexibility index (Phi) is 2.10. The van der Waals surface area contributed by atoms with Crippen molar-refractivity contribution in [3.63, 3.8) is 0 Å². The first-order valence-corrected chi connectivity index (χ1v) is 4.68. The number of hydrogen-bond donors (Lipinski definition) is 1. The van der Waals surface area contributed by atoms with E-state index >= 15 is 0 Å². The van der Waals surface area contributed by atoms with Crippen molar-refractivity contribution >= 4 is 0 Å². The Bertz CT molecular complexity index is 170. The van der Waals surface area contributed by atoms with Gasteiger partial charge in [-0.25, -0.2) is 0 Å². The number of likely N-dealkylation sites (N-methyl/N-ethyl adjacent to an activating group) is 1. The molecular weight excluding hydrogens is 154 g/mol. The summed E-state index contributed by atoms with van der Waals surface area (Å²) in [5, 5.41) is 9.56. The van der Waals surface area contributed by atoms with E-state index < -0.39 is 0 Å². The van der Waals surface area contributed by atoms with Gasteiger partial charge < -0.3 is 14.7 Å². The molecule has 1 N–H and O–H groups in total. The van der Waals surface area contributed by atoms with E-state index in [0.29, 0.717) is 18.2 Å². The summed E-state index contributed by atoms with van der Waals surface area (Å²) in [6, 6.07) is 0.424. The van der Waals surface area contributed by atoms with Crippen LogP contribution in [0, 0.1) is 0 Å². The number of fused-ring (bicyclic) bond motifs is 1. The molecule has 0 amide bonds. The number of ether oxygens (including phenoxy) is 1. The second kappa shape index (κ2) is 2.98. The molecule has 1 saturated heterocycles. The summed E-state index contributed by atoms with van der Waals surface area (Å²) in [5.74, 6) is 0. The monoisotopic (exact) mass is 171 g/mol. The second-order valence-electron chi connectivity index (χ2n) is 4.14. The predicted molar refractivity (Wildman–Crippen MR) is 46.0 cm³/mol. The lowest BCUT2D eigenvalue weighted by molar-refractivity contribution is 0.0990. The molecule has 2 aliphatic rings. The standard InChI is InChI=1S/C9H17NO2/c1-10(2)7-5-6(11)3-4-8-9(7)12-8/h6-9,11H,3-5H2,1-2H3/t6-,7?,8-,9?/m1/s1. The molecule has 0 spiro atoms. The second-order valence-corrected chi connectivity index (χ2v) is 4.14. The van der Waals surface area contributed by atoms with E-state index in [-0.39, 0.29) is 6.10 Å². The van der Waals surface area contributed by atoms with Crippen LogP contribution in [0.3, 0.4) is 0 Å². The lowest BCUT2D eigenvalue weighted by atomic mass is 10.1. The molecule has 0 bridgehead atoms. The van der Waals surface area contributed by atoms with Crippen molar-refractivity contribution in [1.82, 2.24) is 4.90 Å². The Morgan fingerprint density at radius 1 is 1.33 bits per heavy atom. The van der Waals surface area contributed by atoms with Gasteiger partial charge in [-0.05, 0) is 33.4 Å². The normalized spacial score (nSPS) is 47.0. The predicted octanol–water partition coefficient (Wildman–Crippen LogP) is 0.229. The summed E-state index contributed by atoms with van der Waals surface area (Å²) in [4.78, 5) is 2.17. The lowest BCUT2D eigenvalue weighted by Gasteiger charge is -2.23. The summed E-state index contributed by atoms with van der Waals surface area (Å²) >= 11 is 0. The lowest BCUT2D eigenvalue weighted by Crippen LogP contribution is -2.35. The molecule has 1 heterocycles. The zero-order valence-corrected chi connectivity index (χ0v) is 7.73. The highest BCUT2D eigenvalue weighted by atomic mass is 16.6. The van der Waals surface area contributed by atoms with E-state index in [2.05, 4.69) is 19.0 Å². The van der Waals surface area contributed by atoms with Crippen molar-refractivity contribution in [2.24, 2.45) is 0 Å². The summed E-state index contributed by atoms with van der Waals surface area (Å²) < 4.78 is 5.53. The van der Waals surface area contributed by atoms with Crippen LogP contribution < -0.4 is 0 Å². The molecule has 3 heteroatoms. The van der Waals surface area contributed by atoms with Crippen molar-refractivity contribution in [1.29, 1.82) is 0 Å². The van der Waals surface area contributed by atoms with Crippen LogP contribution in [-0.4, -0.2) is 48.5 Å². The Labute approximate surface area is 73.3 Å². The van der Waals surface area contributed by atoms with Crippen LogP contribution in [0.4, 0.5) is 0 Å². The van der Waals surface area contributed by atoms with E-state index in [1.165, 1.54) is 0 Å². The molecule has 0 radical (unpaired) electrons. The van der Waals surface area contributed by atoms with Gasteiger partial charge in [-0.1, -0.05) is 0 Å². The van der Waals surface area contributed by atoms with Crippen LogP contribution >= 0.6 is 0 Å². The highest BCUT2D eigenvalue weighted by Gasteiger charge is 2.47. The first kappa shape index (κ1) is 8.48. The Hall–Kier alpha value is -0.120. The van der Waals surface area contributed by atoms with Gasteiger partial charge >= 0.3 is 0 Å². The van der Waals surface area contributed by atoms with Gasteiger partial charge in [-0.15, -0.1) is 0 Å². The molecule has 0 aromatic rings. The topological polar surface area (TPSA) is 36.0 Å². The molecule has 0 aromatic carbocycles. The molecule has 0 aromatic heterocycles. The van der Waals surface area contributed by atoms with Gasteiger partial charge in [0.05, 0.1) is 18.3 Å². The highest BCUT2D eigenvalue weighted by Crippen LogP contribution is 2.37. The summed E-state index contributed by atoms with van der Waals surface area (Å²) in [7, 11) is 4.11. The van der Waals surface area contributed by atoms with Crippen molar-refractivity contribution < 1.29 is 9.84 Å². The molecule has 70 valence electrons. The van der Waals surface area contributed by atoms with Crippen molar-refractivity contribution in [2.45, 2.75) is 43.6 Å². The smallest absolute Gasteiger partial charge is 0.0997 e. The van der Waals surface area contributed by atoms with Crippen LogP contribution in [-0.2, 0) is 4.74 Å². The minimum absolute atomic E-state index is 0.117. The van der Waals surface area contributed by atoms with E-state index in [0.717, 1.165) is 19.3 Å². The maximum Gasteiger partial charge on any atom is 0.0997 e. The number of epoxide rings is 1. The van der Waals surface area contributed by atoms with Gasteiger partial charge in [0.25, 0.3) is 0 Å². The molecule has 2 unspecified atom stereocenters. The molecule has 4 atom stereocenters. The zero-order chi connectivity index (χ0) is 8.72. The third kappa shape index (κ3) is 1.49. The van der Waals surface area contributed by atoms with Crippen LogP contribution in [0.5, 0.6) is 0 Å². The summed E-state index contributed by atoms with van der Waals surface area (Å²) in [5.41, 5.74) is 0. The van der Waals surface area contributed by atoms with Crippen molar-refractivity contribution in [3.05, 3.63) is 0 Å². The quantitative estimate of drug-likeness (QED) is 0.574. The van der Waals surface area contributed by atoms with E-state index in [1.54, 1.807) is 0 Å². The van der Waals surface area contributed by atoms with Gasteiger partial charge in [-0.3, -0.25) is 0 Å². The van der Waals surface area contributed by atoms with Crippen LogP contribution in [0.1, 0.15) is 19.3 Å². The van der Waals surface area contributed by atoms with Gasteiger partial charge in [0.2, 0.25) is 0 Å². The van der Waals surface area contributed by atoms with E-state index in [4.69, 9.17) is 4.74 Å². The van der Waals surface area contributed by atoms with Gasteiger partial charge in [0.15, 0.2) is 0 Å². The van der Waals surface area contributed by atoms with Gasteiger partial charge in [-0.2, -0.15) is 0 Å². The van der Waals surface area contributed by atoms with E-state index in [9.17, 15) is 5.11 Å². The number of hydrogen-bond acceptors (Lipinski definition) is 3. The van der Waals surface area contributed by atoms with Gasteiger partial charge in [0.1, 0.15) is 0 Å². The first-order valence-electron chi connectivity index (χ1n) is 4.68. The minimum atomic E-state index is -0.117. The third-order valence-electron chi connectivity index (χ3n) is 2.96. The van der Waals surface area contributed by atoms with Crippen LogP contribution in [0.2, 0.25) is 0 Å². The maximum absolute atomic E-state index is 9.56. The Balaban J connectivity index is 2.00. The number of nitrogens with zero attached hydrogens (tertiary/aromatic N) is 1. The maximum atomic E-state index is 9.56. The highest BCUT2D eigenvalue weighted by molar-refractivity contribution is 4.98. The van der Waals surface area contributed by atoms with E-state index in [1.807, 2.05) is 0 Å². The fourth-order valence-corrected chi connectivity index (χ4v) is 2.12. The van der Waals surface area contributed by atoms with Gasteiger partial charge in [0, 0.05) is 6.04 Å². The summed E-state index contributed by atoms with van der Waals surface area (Å²) in [6.45, 7) is 0. The molecule has 3 nitrogen and oxygen atoms in total. The molecule has 12 heavy (non-hydrogen) atoms. The SMILES string of the molecule is CN(C)C1C[C@H](O)CC[C@H]2OC12. The zero-order valence-electron chi connectivity index (χ0n) is 7.73. The largest absolute Gasteiger partial charge is 0.393 e. The molecule has 1 saturated carbocycles. The molecular formula is C9H17NO2. The Morgan fingerprint density at radius 3 is 2.75 bits per heavy atom. The number of rotatable bonds is 1. The van der Waals surface area contributed by atoms with Crippen LogP contribution in [0.15, 0.2) is 0 Å². The number of aliphatic hydroxyl groups excluding tert-OH is 1. The molecule has 1 aliphatic heterocycles. The minimum Gasteiger partial charge on any atom is -0.393 e. The number of aliphatic hydroxyl groups is 1. The average molecular weight is 171 g/mol. The van der Waals surface area contributed by atoms with Crippen molar-refractivity contribution in [3.8, 4) is 0 Å². The Morgan fingerprint density at radius 2 is 2.08 bits per heavy atom. The summed E-state index contributed by atoms with van der Waals surface area (Å²) in [6.07, 6.45) is 3.54. The molecule has 1 aliphatic carbocycles. The fraction of sp³-hybridized carbons (Fsp3) is 1.00. The third-order valence-corrected chi connectivity index (χ3v) is 2.96.